The van der Waals surface area contributed by atoms with Crippen LogP contribution >= 0.6 is 0 Å². The second kappa shape index (κ2) is 2.88. The molecular weight excluding hydrogens is 119 g/mol. The molecule has 0 heterocycles. The molecule has 0 amide bonds. The Morgan fingerprint density at radius 1 is 1.29 bits per heavy atom. The first-order valence-corrected chi connectivity index (χ1v) is 7.55. The van der Waals surface area contributed by atoms with Crippen LogP contribution in [0.2, 0.25) is 25.4 Å². The smallest absolute Gasteiger partial charge is 0.408 e. The first-order valence-electron chi connectivity index (χ1n) is 2.52. The maximum atomic E-state index is 5.45. The van der Waals surface area contributed by atoms with Gasteiger partial charge in [-0.15, -0.1) is 0 Å². The maximum Gasteiger partial charge on any atom is 0.408 e. The summed E-state index contributed by atoms with van der Waals surface area (Å²) in [4.78, 5) is 0. The standard InChI is InChI=1S/C3H9OSi.CH3.Al/c1-5(2,3)4;;/h1-3H3;1H3;/q-1;;+1. The Morgan fingerprint density at radius 3 is 1.71 bits per heavy atom. The van der Waals surface area contributed by atoms with Crippen LogP contribution in [-0.2, 0) is 3.48 Å². The lowest BCUT2D eigenvalue weighted by molar-refractivity contribution is 0.603. The van der Waals surface area contributed by atoms with Gasteiger partial charge in [0.25, 0.3) is 0 Å². The predicted molar refractivity (Wildman–Crippen MR) is 36.0 cm³/mol. The van der Waals surface area contributed by atoms with Gasteiger partial charge in [-0.2, -0.15) is 0 Å². The minimum Gasteiger partial charge on any atom is -0.552 e. The molecule has 0 aromatic heterocycles. The summed E-state index contributed by atoms with van der Waals surface area (Å²) in [6.45, 7) is 6.64. The van der Waals surface area contributed by atoms with Gasteiger partial charge in [0, 0.05) is 0 Å². The van der Waals surface area contributed by atoms with Crippen LogP contribution in [0, 0.1) is 0 Å². The predicted octanol–water partition coefficient (Wildman–Crippen LogP) is 1.51. The number of rotatable bonds is 2. The van der Waals surface area contributed by atoms with Crippen molar-refractivity contribution in [2.75, 3.05) is 0 Å². The van der Waals surface area contributed by atoms with Crippen molar-refractivity contribution in [3.05, 3.63) is 0 Å². The van der Waals surface area contributed by atoms with Gasteiger partial charge >= 0.3 is 15.6 Å². The molecule has 0 bridgehead atoms. The lowest BCUT2D eigenvalue weighted by Gasteiger charge is -2.16. The van der Waals surface area contributed by atoms with Gasteiger partial charge in [-0.25, -0.2) is 0 Å². The Hall–Kier alpha value is 0.709. The Bertz CT molecular complexity index is 50.1. The Labute approximate surface area is 53.2 Å². The summed E-state index contributed by atoms with van der Waals surface area (Å²) < 4.78 is 5.45. The molecule has 1 nitrogen and oxygen atoms in total. The van der Waals surface area contributed by atoms with Crippen molar-refractivity contribution < 1.29 is 3.48 Å². The monoisotopic (exact) mass is 131 g/mol. The molecule has 0 unspecified atom stereocenters. The van der Waals surface area contributed by atoms with E-state index in [1.807, 2.05) is 0 Å². The fourth-order valence-corrected chi connectivity index (χ4v) is 3.18. The summed E-state index contributed by atoms with van der Waals surface area (Å²) in [5.74, 6) is 2.12. The first kappa shape index (κ1) is 7.71. The molecule has 0 aliphatic carbocycles. The molecule has 0 saturated carbocycles. The highest BCUT2D eigenvalue weighted by Crippen LogP contribution is 1.99. The van der Waals surface area contributed by atoms with E-state index in [4.69, 9.17) is 3.48 Å². The first-order chi connectivity index (χ1) is 3.06. The van der Waals surface area contributed by atoms with E-state index in [9.17, 15) is 0 Å². The lowest BCUT2D eigenvalue weighted by atomic mass is 11.8. The van der Waals surface area contributed by atoms with E-state index in [2.05, 4.69) is 25.4 Å². The fourth-order valence-electron chi connectivity index (χ4n) is 0.354. The van der Waals surface area contributed by atoms with Crippen LogP contribution in [-0.4, -0.2) is 23.9 Å². The van der Waals surface area contributed by atoms with E-state index in [1.54, 1.807) is 0 Å². The van der Waals surface area contributed by atoms with Gasteiger partial charge in [-0.3, -0.25) is 0 Å². The third-order valence-electron chi connectivity index (χ3n) is 0.471. The molecule has 0 aromatic carbocycles. The van der Waals surface area contributed by atoms with Crippen molar-refractivity contribution in [3.8, 4) is 0 Å². The summed E-state index contributed by atoms with van der Waals surface area (Å²) in [6, 6.07) is 0. The van der Waals surface area contributed by atoms with Crippen molar-refractivity contribution in [2.24, 2.45) is 0 Å². The molecule has 0 saturated heterocycles. The molecule has 0 aliphatic heterocycles. The van der Waals surface area contributed by atoms with Gasteiger partial charge in [0.2, 0.25) is 0 Å². The lowest BCUT2D eigenvalue weighted by Crippen LogP contribution is -2.26. The molecule has 41 valence electrons. The summed E-state index contributed by atoms with van der Waals surface area (Å²) in [5, 5.41) is 0. The summed E-state index contributed by atoms with van der Waals surface area (Å²) in [5.41, 5.74) is 0. The van der Waals surface area contributed by atoms with E-state index in [0.717, 1.165) is 0 Å². The molecule has 0 spiro atoms. The van der Waals surface area contributed by atoms with Crippen LogP contribution in [0.1, 0.15) is 0 Å². The SMILES string of the molecule is [CH3][Al][O][Si](C)(C)C. The molecule has 0 fully saturated rings. The molecule has 1 radical (unpaired) electrons. The molecule has 0 rings (SSSR count). The zero-order valence-corrected chi connectivity index (χ0v) is 7.64. The van der Waals surface area contributed by atoms with Gasteiger partial charge in [0.15, 0.2) is 8.32 Å². The van der Waals surface area contributed by atoms with Crippen molar-refractivity contribution in [1.29, 1.82) is 0 Å². The quantitative estimate of drug-likeness (QED) is 0.516. The zero-order chi connectivity index (χ0) is 5.91. The van der Waals surface area contributed by atoms with Crippen LogP contribution in [0.3, 0.4) is 0 Å². The topological polar surface area (TPSA) is 9.23 Å². The highest BCUT2D eigenvalue weighted by atomic mass is 28.4. The van der Waals surface area contributed by atoms with Crippen LogP contribution < -0.4 is 0 Å². The molecule has 0 atom stereocenters. The van der Waals surface area contributed by atoms with Gasteiger partial charge in [-0.1, -0.05) is 5.79 Å². The molecular formula is C4H12AlOSi. The van der Waals surface area contributed by atoms with E-state index >= 15 is 0 Å². The van der Waals surface area contributed by atoms with E-state index in [-0.39, 0.29) is 15.6 Å². The van der Waals surface area contributed by atoms with Crippen LogP contribution in [0.5, 0.6) is 0 Å². The van der Waals surface area contributed by atoms with Crippen molar-refractivity contribution >= 4 is 23.9 Å². The summed E-state index contributed by atoms with van der Waals surface area (Å²) >= 11 is 0.271. The third-order valence-corrected chi connectivity index (χ3v) is 4.24. The molecule has 3 heteroatoms. The van der Waals surface area contributed by atoms with E-state index in [1.165, 1.54) is 0 Å². The number of hydrogen-bond donors (Lipinski definition) is 0. The van der Waals surface area contributed by atoms with Crippen molar-refractivity contribution in [3.63, 3.8) is 0 Å². The second-order valence-corrected chi connectivity index (χ2v) is 8.10. The van der Waals surface area contributed by atoms with Gasteiger partial charge in [-0.05, 0) is 19.6 Å². The van der Waals surface area contributed by atoms with Crippen molar-refractivity contribution in [2.45, 2.75) is 25.4 Å². The maximum absolute atomic E-state index is 5.45. The van der Waals surface area contributed by atoms with Crippen LogP contribution in [0.25, 0.3) is 0 Å². The average Bonchev–Trinajstić information content (AvgIpc) is 1.30. The largest absolute Gasteiger partial charge is 0.552 e. The normalized spacial score (nSPS) is 11.4. The fraction of sp³-hybridized carbons (Fsp3) is 1.00. The molecule has 0 N–H and O–H groups in total. The zero-order valence-electron chi connectivity index (χ0n) is 5.49. The Balaban J connectivity index is 3.15. The van der Waals surface area contributed by atoms with Gasteiger partial charge in [0.1, 0.15) is 0 Å². The van der Waals surface area contributed by atoms with Crippen LogP contribution in [0.15, 0.2) is 0 Å². The van der Waals surface area contributed by atoms with Crippen LogP contribution in [0.4, 0.5) is 0 Å². The van der Waals surface area contributed by atoms with E-state index in [0.29, 0.717) is 0 Å². The minimum atomic E-state index is -1.12. The third kappa shape index (κ3) is 6.71. The Morgan fingerprint density at radius 2 is 1.71 bits per heavy atom. The average molecular weight is 131 g/mol. The molecule has 0 aromatic rings. The second-order valence-electron chi connectivity index (χ2n) is 2.47. The van der Waals surface area contributed by atoms with Gasteiger partial charge < -0.3 is 3.48 Å². The van der Waals surface area contributed by atoms with Crippen molar-refractivity contribution in [1.82, 2.24) is 0 Å². The molecule has 0 aliphatic rings. The van der Waals surface area contributed by atoms with Gasteiger partial charge in [0.05, 0.1) is 0 Å². The minimum absolute atomic E-state index is 0.271. The summed E-state index contributed by atoms with van der Waals surface area (Å²) in [7, 11) is -1.12. The number of hydrogen-bond acceptors (Lipinski definition) is 1. The Kier molecular flexibility index (Phi) is 3.18. The highest BCUT2D eigenvalue weighted by Gasteiger charge is 2.10. The molecule has 7 heavy (non-hydrogen) atoms. The highest BCUT2D eigenvalue weighted by molar-refractivity contribution is 6.73. The van der Waals surface area contributed by atoms with E-state index < -0.39 is 8.32 Å². The summed E-state index contributed by atoms with van der Waals surface area (Å²) in [6.07, 6.45) is 0.